The van der Waals surface area contributed by atoms with Crippen LogP contribution in [0.3, 0.4) is 0 Å². The number of carbonyl (C=O) groups excluding carboxylic acids is 1. The van der Waals surface area contributed by atoms with Crippen LogP contribution in [-0.4, -0.2) is 78.5 Å². The first-order chi connectivity index (χ1) is 12.0. The molecule has 2 aliphatic rings. The SMILES string of the molecule is CCN(CC)C[C@H]1CC[C@]2(COCCN(C(=O)c3cc(C)on3)C2)O1. The van der Waals surface area contributed by atoms with Crippen molar-refractivity contribution in [3.63, 3.8) is 0 Å². The van der Waals surface area contributed by atoms with Gasteiger partial charge >= 0.3 is 0 Å². The summed E-state index contributed by atoms with van der Waals surface area (Å²) in [6.07, 6.45) is 2.12. The van der Waals surface area contributed by atoms with Crippen LogP contribution in [0.2, 0.25) is 0 Å². The van der Waals surface area contributed by atoms with E-state index in [1.807, 2.05) is 0 Å². The summed E-state index contributed by atoms with van der Waals surface area (Å²) in [4.78, 5) is 16.9. The van der Waals surface area contributed by atoms with Gasteiger partial charge in [0.25, 0.3) is 5.91 Å². The molecular weight excluding hydrogens is 322 g/mol. The number of likely N-dealkylation sites (N-methyl/N-ethyl adjacent to an activating group) is 1. The van der Waals surface area contributed by atoms with Gasteiger partial charge in [0.05, 0.1) is 25.9 Å². The Bertz CT molecular complexity index is 587. The zero-order valence-corrected chi connectivity index (χ0v) is 15.5. The molecule has 2 aliphatic heterocycles. The molecule has 0 unspecified atom stereocenters. The van der Waals surface area contributed by atoms with E-state index in [2.05, 4.69) is 23.9 Å². The number of hydrogen-bond donors (Lipinski definition) is 0. The molecule has 7 heteroatoms. The Kier molecular flexibility index (Phi) is 5.76. The number of hydrogen-bond acceptors (Lipinski definition) is 6. The van der Waals surface area contributed by atoms with Gasteiger partial charge in [-0.3, -0.25) is 4.79 Å². The molecule has 0 aromatic carbocycles. The summed E-state index contributed by atoms with van der Waals surface area (Å²) >= 11 is 0. The quantitative estimate of drug-likeness (QED) is 0.805. The first kappa shape index (κ1) is 18.4. The largest absolute Gasteiger partial charge is 0.377 e. The van der Waals surface area contributed by atoms with Gasteiger partial charge in [0.15, 0.2) is 5.69 Å². The van der Waals surface area contributed by atoms with Crippen molar-refractivity contribution in [3.05, 3.63) is 17.5 Å². The lowest BCUT2D eigenvalue weighted by Gasteiger charge is -2.32. The van der Waals surface area contributed by atoms with Crippen LogP contribution in [0.15, 0.2) is 10.6 Å². The molecule has 2 atom stereocenters. The Morgan fingerprint density at radius 1 is 1.44 bits per heavy atom. The fraction of sp³-hybridized carbons (Fsp3) is 0.778. The molecule has 3 heterocycles. The molecule has 0 N–H and O–H groups in total. The minimum absolute atomic E-state index is 0.113. The molecule has 1 aromatic rings. The van der Waals surface area contributed by atoms with Crippen molar-refractivity contribution < 1.29 is 18.8 Å². The number of nitrogens with zero attached hydrogens (tertiary/aromatic N) is 3. The summed E-state index contributed by atoms with van der Waals surface area (Å²) in [7, 11) is 0. The molecular formula is C18H29N3O4. The zero-order chi connectivity index (χ0) is 17.9. The Balaban J connectivity index is 1.66. The maximum Gasteiger partial charge on any atom is 0.276 e. The first-order valence-electron chi connectivity index (χ1n) is 9.26. The van der Waals surface area contributed by atoms with Crippen LogP contribution in [0.4, 0.5) is 0 Å². The van der Waals surface area contributed by atoms with Crippen molar-refractivity contribution in [2.24, 2.45) is 0 Å². The third kappa shape index (κ3) is 4.22. The van der Waals surface area contributed by atoms with Crippen LogP contribution in [0.5, 0.6) is 0 Å². The molecule has 140 valence electrons. The molecule has 1 spiro atoms. The van der Waals surface area contributed by atoms with E-state index >= 15 is 0 Å². The third-order valence-corrected chi connectivity index (χ3v) is 5.18. The molecule has 0 saturated carbocycles. The highest BCUT2D eigenvalue weighted by Crippen LogP contribution is 2.33. The van der Waals surface area contributed by atoms with Gasteiger partial charge in [0, 0.05) is 19.2 Å². The summed E-state index contributed by atoms with van der Waals surface area (Å²) < 4.78 is 17.2. The third-order valence-electron chi connectivity index (χ3n) is 5.18. The van der Waals surface area contributed by atoms with Gasteiger partial charge < -0.3 is 23.8 Å². The van der Waals surface area contributed by atoms with Crippen molar-refractivity contribution in [1.82, 2.24) is 15.0 Å². The molecule has 3 rings (SSSR count). The topological polar surface area (TPSA) is 68.0 Å². The fourth-order valence-corrected chi connectivity index (χ4v) is 3.72. The molecule has 0 bridgehead atoms. The second-order valence-electron chi connectivity index (χ2n) is 7.05. The van der Waals surface area contributed by atoms with Gasteiger partial charge in [0.1, 0.15) is 11.4 Å². The Morgan fingerprint density at radius 2 is 2.24 bits per heavy atom. The van der Waals surface area contributed by atoms with E-state index in [-0.39, 0.29) is 12.0 Å². The number of rotatable bonds is 5. The van der Waals surface area contributed by atoms with Gasteiger partial charge in [0.2, 0.25) is 0 Å². The summed E-state index contributed by atoms with van der Waals surface area (Å²) in [5.41, 5.74) is -0.0461. The molecule has 1 aromatic heterocycles. The van der Waals surface area contributed by atoms with Crippen LogP contribution in [0.1, 0.15) is 42.9 Å². The number of ether oxygens (including phenoxy) is 2. The van der Waals surface area contributed by atoms with Crippen molar-refractivity contribution in [1.29, 1.82) is 0 Å². The lowest BCUT2D eigenvalue weighted by atomic mass is 10.00. The van der Waals surface area contributed by atoms with Crippen LogP contribution in [0, 0.1) is 6.92 Å². The standard InChI is InChI=1S/C18H29N3O4/c1-4-20(5-2)11-15-6-7-18(24-15)12-21(8-9-23-13-18)17(22)16-10-14(3)25-19-16/h10,15H,4-9,11-13H2,1-3H3/t15-,18+/m1/s1. The molecule has 0 aliphatic carbocycles. The van der Waals surface area contributed by atoms with Gasteiger partial charge in [-0.15, -0.1) is 0 Å². The van der Waals surface area contributed by atoms with E-state index < -0.39 is 5.60 Å². The van der Waals surface area contributed by atoms with E-state index in [0.29, 0.717) is 37.8 Å². The second-order valence-corrected chi connectivity index (χ2v) is 7.05. The van der Waals surface area contributed by atoms with E-state index in [0.717, 1.165) is 32.5 Å². The fourth-order valence-electron chi connectivity index (χ4n) is 3.72. The van der Waals surface area contributed by atoms with E-state index in [1.54, 1.807) is 17.9 Å². The maximum atomic E-state index is 12.7. The number of aromatic nitrogens is 1. The lowest BCUT2D eigenvalue weighted by molar-refractivity contribution is -0.0896. The average molecular weight is 351 g/mol. The smallest absolute Gasteiger partial charge is 0.276 e. The molecule has 1 amide bonds. The minimum atomic E-state index is -0.400. The van der Waals surface area contributed by atoms with E-state index in [4.69, 9.17) is 14.0 Å². The number of amides is 1. The van der Waals surface area contributed by atoms with Crippen LogP contribution < -0.4 is 0 Å². The summed E-state index contributed by atoms with van der Waals surface area (Å²) in [5, 5.41) is 3.86. The summed E-state index contributed by atoms with van der Waals surface area (Å²) in [6.45, 7) is 11.3. The van der Waals surface area contributed by atoms with Crippen LogP contribution in [0.25, 0.3) is 0 Å². The monoisotopic (exact) mass is 351 g/mol. The molecule has 2 saturated heterocycles. The first-order valence-corrected chi connectivity index (χ1v) is 9.26. The minimum Gasteiger partial charge on any atom is -0.377 e. The van der Waals surface area contributed by atoms with Gasteiger partial charge in [-0.05, 0) is 32.9 Å². The van der Waals surface area contributed by atoms with Gasteiger partial charge in [-0.1, -0.05) is 19.0 Å². The van der Waals surface area contributed by atoms with E-state index in [1.165, 1.54) is 0 Å². The Labute approximate surface area is 149 Å². The number of aryl methyl sites for hydroxylation is 1. The Hall–Kier alpha value is -1.44. The van der Waals surface area contributed by atoms with Crippen LogP contribution in [-0.2, 0) is 9.47 Å². The Morgan fingerprint density at radius 3 is 2.92 bits per heavy atom. The highest BCUT2D eigenvalue weighted by Gasteiger charge is 2.44. The average Bonchev–Trinajstić information content (AvgIpc) is 3.15. The zero-order valence-electron chi connectivity index (χ0n) is 15.5. The maximum absolute atomic E-state index is 12.7. The molecule has 25 heavy (non-hydrogen) atoms. The second kappa shape index (κ2) is 7.85. The lowest BCUT2D eigenvalue weighted by Crippen LogP contribution is -2.47. The highest BCUT2D eigenvalue weighted by atomic mass is 16.6. The molecule has 0 radical (unpaired) electrons. The van der Waals surface area contributed by atoms with Crippen LogP contribution >= 0.6 is 0 Å². The van der Waals surface area contributed by atoms with Crippen molar-refractivity contribution >= 4 is 5.91 Å². The van der Waals surface area contributed by atoms with Crippen molar-refractivity contribution in [3.8, 4) is 0 Å². The highest BCUT2D eigenvalue weighted by molar-refractivity contribution is 5.92. The molecule has 2 fully saturated rings. The van der Waals surface area contributed by atoms with Crippen molar-refractivity contribution in [2.45, 2.75) is 45.3 Å². The summed E-state index contributed by atoms with van der Waals surface area (Å²) in [5.74, 6) is 0.526. The summed E-state index contributed by atoms with van der Waals surface area (Å²) in [6, 6.07) is 1.68. The molecule has 7 nitrogen and oxygen atoms in total. The van der Waals surface area contributed by atoms with Crippen molar-refractivity contribution in [2.75, 3.05) is 45.9 Å². The van der Waals surface area contributed by atoms with E-state index in [9.17, 15) is 4.79 Å². The van der Waals surface area contributed by atoms with Gasteiger partial charge in [-0.2, -0.15) is 0 Å². The predicted molar refractivity (Wildman–Crippen MR) is 92.6 cm³/mol. The van der Waals surface area contributed by atoms with Gasteiger partial charge in [-0.25, -0.2) is 0 Å². The predicted octanol–water partition coefficient (Wildman–Crippen LogP) is 1.72. The number of carbonyl (C=O) groups is 1. The normalized spacial score (nSPS) is 27.2.